The Morgan fingerprint density at radius 3 is 2.62 bits per heavy atom. The standard InChI is InChI=1S/C21H24F2N2O4/c1-13(21(27)25-14-6-3-2-4-7-14)28-19(26)11-10-18-24-12-17(29-18)20-15(22)8-5-9-16(20)23/h5,8-9,12-14H,2-4,6-7,10-11H2,1H3,(H,25,27). The van der Waals surface area contributed by atoms with Crippen LogP contribution < -0.4 is 5.32 Å². The van der Waals surface area contributed by atoms with Gasteiger partial charge in [-0.3, -0.25) is 9.59 Å². The summed E-state index contributed by atoms with van der Waals surface area (Å²) >= 11 is 0. The number of rotatable bonds is 7. The Hall–Kier alpha value is -2.77. The van der Waals surface area contributed by atoms with Crippen molar-refractivity contribution in [3.05, 3.63) is 41.9 Å². The van der Waals surface area contributed by atoms with E-state index in [0.717, 1.165) is 37.8 Å². The number of ether oxygens (including phenoxy) is 1. The topological polar surface area (TPSA) is 81.4 Å². The summed E-state index contributed by atoms with van der Waals surface area (Å²) < 4.78 is 38.1. The molecule has 3 rings (SSSR count). The monoisotopic (exact) mass is 406 g/mol. The minimum absolute atomic E-state index is 0.0517. The summed E-state index contributed by atoms with van der Waals surface area (Å²) in [5.74, 6) is -2.30. The summed E-state index contributed by atoms with van der Waals surface area (Å²) in [6, 6.07) is 3.64. The average molecular weight is 406 g/mol. The highest BCUT2D eigenvalue weighted by Gasteiger charge is 2.22. The van der Waals surface area contributed by atoms with E-state index in [1.54, 1.807) is 0 Å². The third kappa shape index (κ3) is 5.62. The van der Waals surface area contributed by atoms with Crippen molar-refractivity contribution in [2.75, 3.05) is 0 Å². The fourth-order valence-corrected chi connectivity index (χ4v) is 3.36. The molecule has 0 bridgehead atoms. The number of nitrogens with one attached hydrogen (secondary N) is 1. The SMILES string of the molecule is CC(OC(=O)CCc1ncc(-c2c(F)cccc2F)o1)C(=O)NC1CCCCC1. The average Bonchev–Trinajstić information content (AvgIpc) is 3.15. The zero-order chi connectivity index (χ0) is 20.8. The van der Waals surface area contributed by atoms with Crippen molar-refractivity contribution in [3.8, 4) is 11.3 Å². The van der Waals surface area contributed by atoms with E-state index in [0.29, 0.717) is 0 Å². The fourth-order valence-electron chi connectivity index (χ4n) is 3.36. The molecule has 156 valence electrons. The molecule has 1 saturated carbocycles. The van der Waals surface area contributed by atoms with Crippen molar-refractivity contribution in [1.29, 1.82) is 0 Å². The molecule has 1 unspecified atom stereocenters. The molecular formula is C21H24F2N2O4. The Morgan fingerprint density at radius 2 is 1.93 bits per heavy atom. The largest absolute Gasteiger partial charge is 0.453 e. The van der Waals surface area contributed by atoms with Crippen LogP contribution in [-0.4, -0.2) is 29.0 Å². The van der Waals surface area contributed by atoms with E-state index in [-0.39, 0.29) is 42.0 Å². The van der Waals surface area contributed by atoms with Crippen LogP contribution in [0.15, 0.2) is 28.8 Å². The molecule has 0 saturated heterocycles. The minimum Gasteiger partial charge on any atom is -0.453 e. The lowest BCUT2D eigenvalue weighted by molar-refractivity contribution is -0.155. The molecule has 1 amide bonds. The van der Waals surface area contributed by atoms with Crippen molar-refractivity contribution in [3.63, 3.8) is 0 Å². The lowest BCUT2D eigenvalue weighted by atomic mass is 9.95. The number of oxazole rings is 1. The summed E-state index contributed by atoms with van der Waals surface area (Å²) in [6.07, 6.45) is 5.60. The van der Waals surface area contributed by atoms with Gasteiger partial charge in [0.15, 0.2) is 17.8 Å². The second-order valence-electron chi connectivity index (χ2n) is 7.19. The molecule has 1 aromatic carbocycles. The molecule has 0 spiro atoms. The van der Waals surface area contributed by atoms with Gasteiger partial charge in [0.05, 0.1) is 18.2 Å². The van der Waals surface area contributed by atoms with Crippen LogP contribution in [-0.2, 0) is 20.7 Å². The molecule has 8 heteroatoms. The van der Waals surface area contributed by atoms with Gasteiger partial charge in [0.1, 0.15) is 11.6 Å². The van der Waals surface area contributed by atoms with Crippen molar-refractivity contribution in [2.24, 2.45) is 0 Å². The number of benzene rings is 1. The Kier molecular flexibility index (Phi) is 6.95. The van der Waals surface area contributed by atoms with E-state index in [1.807, 2.05) is 0 Å². The maximum atomic E-state index is 13.8. The smallest absolute Gasteiger partial charge is 0.307 e. The second kappa shape index (κ2) is 9.62. The van der Waals surface area contributed by atoms with Crippen LogP contribution in [0.1, 0.15) is 51.3 Å². The predicted molar refractivity (Wildman–Crippen MR) is 101 cm³/mol. The van der Waals surface area contributed by atoms with Gasteiger partial charge in [-0.25, -0.2) is 13.8 Å². The van der Waals surface area contributed by atoms with Crippen LogP contribution in [0.4, 0.5) is 8.78 Å². The summed E-state index contributed by atoms with van der Waals surface area (Å²) in [5.41, 5.74) is -0.304. The fraction of sp³-hybridized carbons (Fsp3) is 0.476. The van der Waals surface area contributed by atoms with Gasteiger partial charge in [0.25, 0.3) is 5.91 Å². The molecular weight excluding hydrogens is 382 g/mol. The van der Waals surface area contributed by atoms with Crippen molar-refractivity contribution in [1.82, 2.24) is 10.3 Å². The Morgan fingerprint density at radius 1 is 1.24 bits per heavy atom. The van der Waals surface area contributed by atoms with E-state index >= 15 is 0 Å². The molecule has 1 N–H and O–H groups in total. The molecule has 1 fully saturated rings. The Labute approximate surface area is 167 Å². The Bertz CT molecular complexity index is 842. The number of hydrogen-bond donors (Lipinski definition) is 1. The zero-order valence-corrected chi connectivity index (χ0v) is 16.2. The third-order valence-electron chi connectivity index (χ3n) is 4.93. The maximum absolute atomic E-state index is 13.8. The van der Waals surface area contributed by atoms with Crippen LogP contribution in [0.2, 0.25) is 0 Å². The van der Waals surface area contributed by atoms with Crippen molar-refractivity contribution in [2.45, 2.75) is 64.0 Å². The Balaban J connectivity index is 1.48. The van der Waals surface area contributed by atoms with E-state index in [9.17, 15) is 18.4 Å². The number of halogens is 2. The first-order valence-corrected chi connectivity index (χ1v) is 9.83. The predicted octanol–water partition coefficient (Wildman–Crippen LogP) is 3.93. The first-order chi connectivity index (χ1) is 13.9. The van der Waals surface area contributed by atoms with Gasteiger partial charge in [-0.2, -0.15) is 0 Å². The van der Waals surface area contributed by atoms with Crippen LogP contribution >= 0.6 is 0 Å². The highest BCUT2D eigenvalue weighted by atomic mass is 19.1. The molecule has 2 aromatic rings. The molecule has 29 heavy (non-hydrogen) atoms. The first kappa shape index (κ1) is 21.0. The van der Waals surface area contributed by atoms with E-state index in [4.69, 9.17) is 9.15 Å². The van der Waals surface area contributed by atoms with Crippen molar-refractivity contribution >= 4 is 11.9 Å². The van der Waals surface area contributed by atoms with Crippen LogP contribution in [0.25, 0.3) is 11.3 Å². The molecule has 1 heterocycles. The molecule has 6 nitrogen and oxygen atoms in total. The summed E-state index contributed by atoms with van der Waals surface area (Å²) in [6.45, 7) is 1.53. The maximum Gasteiger partial charge on any atom is 0.307 e. The number of esters is 1. The van der Waals surface area contributed by atoms with Gasteiger partial charge in [-0.1, -0.05) is 25.3 Å². The van der Waals surface area contributed by atoms with Gasteiger partial charge >= 0.3 is 5.97 Å². The highest BCUT2D eigenvalue weighted by Crippen LogP contribution is 2.26. The number of aryl methyl sites for hydroxylation is 1. The van der Waals surface area contributed by atoms with Crippen molar-refractivity contribution < 1.29 is 27.5 Å². The van der Waals surface area contributed by atoms with Crippen LogP contribution in [0, 0.1) is 11.6 Å². The molecule has 0 radical (unpaired) electrons. The van der Waals surface area contributed by atoms with Crippen LogP contribution in [0.3, 0.4) is 0 Å². The van der Waals surface area contributed by atoms with Gasteiger partial charge < -0.3 is 14.5 Å². The van der Waals surface area contributed by atoms with E-state index < -0.39 is 23.7 Å². The zero-order valence-electron chi connectivity index (χ0n) is 16.2. The molecule has 1 aliphatic rings. The molecule has 0 aliphatic heterocycles. The summed E-state index contributed by atoms with van der Waals surface area (Å²) in [4.78, 5) is 28.1. The summed E-state index contributed by atoms with van der Waals surface area (Å²) in [7, 11) is 0. The van der Waals surface area contributed by atoms with E-state index in [1.165, 1.54) is 25.6 Å². The number of aromatic nitrogens is 1. The first-order valence-electron chi connectivity index (χ1n) is 9.83. The van der Waals surface area contributed by atoms with Gasteiger partial charge in [0, 0.05) is 12.5 Å². The normalized spacial score (nSPS) is 15.7. The van der Waals surface area contributed by atoms with Crippen LogP contribution in [0.5, 0.6) is 0 Å². The molecule has 1 atom stereocenters. The van der Waals surface area contributed by atoms with Gasteiger partial charge in [-0.05, 0) is 31.9 Å². The minimum atomic E-state index is -0.892. The number of nitrogens with zero attached hydrogens (tertiary/aromatic N) is 1. The molecule has 1 aromatic heterocycles. The lowest BCUT2D eigenvalue weighted by Crippen LogP contribution is -2.42. The summed E-state index contributed by atoms with van der Waals surface area (Å²) in [5, 5.41) is 2.91. The second-order valence-corrected chi connectivity index (χ2v) is 7.19. The quantitative estimate of drug-likeness (QED) is 0.705. The van der Waals surface area contributed by atoms with Gasteiger partial charge in [0.2, 0.25) is 0 Å². The third-order valence-corrected chi connectivity index (χ3v) is 4.93. The molecule has 1 aliphatic carbocycles. The van der Waals surface area contributed by atoms with Gasteiger partial charge in [-0.15, -0.1) is 0 Å². The highest BCUT2D eigenvalue weighted by molar-refractivity contribution is 5.83. The lowest BCUT2D eigenvalue weighted by Gasteiger charge is -2.24. The number of carbonyl (C=O) groups is 2. The number of amides is 1. The van der Waals surface area contributed by atoms with E-state index in [2.05, 4.69) is 10.3 Å². The number of hydrogen-bond acceptors (Lipinski definition) is 5. The number of carbonyl (C=O) groups excluding carboxylic acids is 2.